The molecule has 1 aliphatic heterocycles. The molecule has 0 saturated carbocycles. The Morgan fingerprint density at radius 1 is 0.939 bits per heavy atom. The van der Waals surface area contributed by atoms with Gasteiger partial charge in [0.25, 0.3) is 11.8 Å². The van der Waals surface area contributed by atoms with Crippen LogP contribution in [-0.4, -0.2) is 17.8 Å². The number of nitrogens with one attached hydrogen (secondary N) is 1. The first-order valence-electron chi connectivity index (χ1n) is 10.4. The van der Waals surface area contributed by atoms with Gasteiger partial charge in [-0.15, -0.1) is 0 Å². The van der Waals surface area contributed by atoms with Crippen LogP contribution < -0.4 is 15.0 Å². The number of anilines is 1. The van der Waals surface area contributed by atoms with Gasteiger partial charge in [0, 0.05) is 0 Å². The fourth-order valence-electron chi connectivity index (χ4n) is 3.39. The van der Waals surface area contributed by atoms with Crippen LogP contribution in [0.3, 0.4) is 0 Å². The molecular weight excluding hydrogens is 423 g/mol. The van der Waals surface area contributed by atoms with Crippen LogP contribution in [0.4, 0.5) is 14.9 Å². The predicted molar refractivity (Wildman–Crippen MR) is 122 cm³/mol. The van der Waals surface area contributed by atoms with E-state index in [1.807, 2.05) is 19.1 Å². The van der Waals surface area contributed by atoms with Gasteiger partial charge in [-0.1, -0.05) is 43.3 Å². The van der Waals surface area contributed by atoms with Crippen molar-refractivity contribution in [2.24, 2.45) is 0 Å². The third-order valence-corrected chi connectivity index (χ3v) is 5.19. The Hall–Kier alpha value is -4.26. The average Bonchev–Trinajstić information content (AvgIpc) is 2.81. The Balaban J connectivity index is 1.51. The summed E-state index contributed by atoms with van der Waals surface area (Å²) in [4.78, 5) is 38.6. The number of urea groups is 1. The number of halogens is 1. The molecule has 1 saturated heterocycles. The summed E-state index contributed by atoms with van der Waals surface area (Å²) < 4.78 is 18.9. The lowest BCUT2D eigenvalue weighted by molar-refractivity contribution is -0.122. The first kappa shape index (κ1) is 22.0. The quantitative estimate of drug-likeness (QED) is 0.444. The van der Waals surface area contributed by atoms with E-state index in [1.54, 1.807) is 48.5 Å². The van der Waals surface area contributed by atoms with Gasteiger partial charge >= 0.3 is 6.03 Å². The summed E-state index contributed by atoms with van der Waals surface area (Å²) in [6.07, 6.45) is 2.25. The van der Waals surface area contributed by atoms with E-state index >= 15 is 0 Å². The Bertz CT molecular complexity index is 1230. The lowest BCUT2D eigenvalue weighted by Gasteiger charge is -2.26. The normalized spacial score (nSPS) is 15.0. The van der Waals surface area contributed by atoms with E-state index in [4.69, 9.17) is 4.74 Å². The maximum atomic E-state index is 13.3. The van der Waals surface area contributed by atoms with E-state index in [1.165, 1.54) is 18.2 Å². The number of ether oxygens (including phenoxy) is 1. The van der Waals surface area contributed by atoms with Crippen molar-refractivity contribution < 1.29 is 23.5 Å². The van der Waals surface area contributed by atoms with Gasteiger partial charge in [-0.3, -0.25) is 14.9 Å². The predicted octanol–water partition coefficient (Wildman–Crippen LogP) is 4.63. The molecule has 4 rings (SSSR count). The fourth-order valence-corrected chi connectivity index (χ4v) is 3.39. The minimum atomic E-state index is -0.785. The summed E-state index contributed by atoms with van der Waals surface area (Å²) in [5, 5.41) is 2.22. The molecule has 33 heavy (non-hydrogen) atoms. The monoisotopic (exact) mass is 444 g/mol. The summed E-state index contributed by atoms with van der Waals surface area (Å²) >= 11 is 0. The van der Waals surface area contributed by atoms with Gasteiger partial charge in [0.05, 0.1) is 5.69 Å². The van der Waals surface area contributed by atoms with Gasteiger partial charge < -0.3 is 4.74 Å². The first-order chi connectivity index (χ1) is 15.9. The van der Waals surface area contributed by atoms with Crippen LogP contribution in [0.2, 0.25) is 0 Å². The van der Waals surface area contributed by atoms with Crippen molar-refractivity contribution in [2.75, 3.05) is 4.90 Å². The van der Waals surface area contributed by atoms with Gasteiger partial charge in [-0.25, -0.2) is 14.1 Å². The highest BCUT2D eigenvalue weighted by molar-refractivity contribution is 6.39. The summed E-state index contributed by atoms with van der Waals surface area (Å²) in [5.74, 6) is -1.23. The molecule has 166 valence electrons. The molecule has 0 atom stereocenters. The molecule has 4 amide bonds. The number of aryl methyl sites for hydroxylation is 1. The molecular formula is C26H21FN2O4. The van der Waals surface area contributed by atoms with Crippen molar-refractivity contribution in [3.63, 3.8) is 0 Å². The van der Waals surface area contributed by atoms with Crippen molar-refractivity contribution in [2.45, 2.75) is 20.0 Å². The van der Waals surface area contributed by atoms with Gasteiger partial charge in [0.15, 0.2) is 0 Å². The van der Waals surface area contributed by atoms with Crippen molar-refractivity contribution >= 4 is 29.6 Å². The largest absolute Gasteiger partial charge is 0.489 e. The smallest absolute Gasteiger partial charge is 0.335 e. The van der Waals surface area contributed by atoms with Gasteiger partial charge in [-0.05, 0) is 65.6 Å². The second-order valence-corrected chi connectivity index (χ2v) is 7.47. The van der Waals surface area contributed by atoms with Crippen LogP contribution in [0.1, 0.15) is 23.6 Å². The van der Waals surface area contributed by atoms with E-state index in [-0.39, 0.29) is 18.0 Å². The number of carbonyl (C=O) groups excluding carboxylic acids is 3. The first-order valence-corrected chi connectivity index (χ1v) is 10.4. The van der Waals surface area contributed by atoms with E-state index < -0.39 is 17.8 Å². The van der Waals surface area contributed by atoms with E-state index in [2.05, 4.69) is 5.32 Å². The third kappa shape index (κ3) is 4.98. The molecule has 3 aromatic rings. The summed E-state index contributed by atoms with van der Waals surface area (Å²) in [6, 6.07) is 19.1. The molecule has 1 fully saturated rings. The number of rotatable bonds is 6. The zero-order valence-electron chi connectivity index (χ0n) is 17.9. The average molecular weight is 444 g/mol. The highest BCUT2D eigenvalue weighted by Gasteiger charge is 2.36. The van der Waals surface area contributed by atoms with Gasteiger partial charge in [-0.2, -0.15) is 0 Å². The topological polar surface area (TPSA) is 75.7 Å². The Morgan fingerprint density at radius 3 is 2.33 bits per heavy atom. The van der Waals surface area contributed by atoms with Gasteiger partial charge in [0.1, 0.15) is 23.7 Å². The number of amides is 4. The molecule has 1 N–H and O–H groups in total. The lowest BCUT2D eigenvalue weighted by Crippen LogP contribution is -2.54. The molecule has 6 nitrogen and oxygen atoms in total. The van der Waals surface area contributed by atoms with Crippen molar-refractivity contribution in [1.82, 2.24) is 5.32 Å². The third-order valence-electron chi connectivity index (χ3n) is 5.19. The van der Waals surface area contributed by atoms with Crippen LogP contribution >= 0.6 is 0 Å². The minimum absolute atomic E-state index is 0.150. The molecule has 0 spiro atoms. The Kier molecular flexibility index (Phi) is 6.31. The van der Waals surface area contributed by atoms with Crippen LogP contribution in [0, 0.1) is 5.82 Å². The van der Waals surface area contributed by atoms with Crippen molar-refractivity contribution in [1.29, 1.82) is 0 Å². The molecule has 1 aliphatic rings. The van der Waals surface area contributed by atoms with Crippen LogP contribution in [0.5, 0.6) is 5.75 Å². The van der Waals surface area contributed by atoms with Crippen molar-refractivity contribution in [3.8, 4) is 5.75 Å². The molecule has 0 aliphatic carbocycles. The van der Waals surface area contributed by atoms with Crippen LogP contribution in [0.15, 0.2) is 78.4 Å². The Morgan fingerprint density at radius 2 is 1.67 bits per heavy atom. The highest BCUT2D eigenvalue weighted by atomic mass is 19.1. The van der Waals surface area contributed by atoms with Crippen LogP contribution in [-0.2, 0) is 22.6 Å². The summed E-state index contributed by atoms with van der Waals surface area (Å²) in [5.41, 5.74) is 2.58. The van der Waals surface area contributed by atoms with Gasteiger partial charge in [0.2, 0.25) is 0 Å². The molecule has 7 heteroatoms. The number of hydrogen-bond acceptors (Lipinski definition) is 4. The molecule has 0 bridgehead atoms. The number of nitrogens with zero attached hydrogens (tertiary/aromatic N) is 1. The number of imide groups is 2. The molecule has 3 aromatic carbocycles. The van der Waals surface area contributed by atoms with Crippen LogP contribution in [0.25, 0.3) is 6.08 Å². The lowest BCUT2D eigenvalue weighted by atomic mass is 10.1. The SMILES string of the molecule is CCc1ccc(N2C(=O)NC(=O)/C(=C/c3ccc(OCc4cccc(F)c4)cc3)C2=O)cc1. The second-order valence-electron chi connectivity index (χ2n) is 7.47. The number of hydrogen-bond donors (Lipinski definition) is 1. The molecule has 0 unspecified atom stereocenters. The molecule has 0 aromatic heterocycles. The number of barbiturate groups is 1. The zero-order chi connectivity index (χ0) is 23.4. The summed E-state index contributed by atoms with van der Waals surface area (Å²) in [6.45, 7) is 2.21. The minimum Gasteiger partial charge on any atom is -0.489 e. The number of benzene rings is 3. The summed E-state index contributed by atoms with van der Waals surface area (Å²) in [7, 11) is 0. The van der Waals surface area contributed by atoms with E-state index in [0.717, 1.165) is 16.9 Å². The number of carbonyl (C=O) groups is 3. The Labute approximate surface area is 190 Å². The van der Waals surface area contributed by atoms with E-state index in [0.29, 0.717) is 22.6 Å². The standard InChI is InChI=1S/C26H21FN2O4/c1-2-17-6-10-21(11-7-17)29-25(31)23(24(30)28-26(29)32)15-18-8-12-22(13-9-18)33-16-19-4-3-5-20(27)14-19/h3-15H,2,16H2,1H3,(H,28,30,32)/b23-15-. The fraction of sp³-hybridized carbons (Fsp3) is 0.115. The molecule has 1 heterocycles. The van der Waals surface area contributed by atoms with Crippen molar-refractivity contribution in [3.05, 3.63) is 101 Å². The second kappa shape index (κ2) is 9.48. The van der Waals surface area contributed by atoms with E-state index in [9.17, 15) is 18.8 Å². The molecule has 0 radical (unpaired) electrons. The maximum absolute atomic E-state index is 13.3. The highest BCUT2D eigenvalue weighted by Crippen LogP contribution is 2.23. The maximum Gasteiger partial charge on any atom is 0.335 e. The zero-order valence-corrected chi connectivity index (χ0v) is 17.9.